The third-order valence-corrected chi connectivity index (χ3v) is 5.58. The molecular weight excluding hydrogens is 304 g/mol. The highest BCUT2D eigenvalue weighted by atomic mass is 16.5. The molecule has 3 aliphatic rings. The number of aromatic nitrogens is 1. The van der Waals surface area contributed by atoms with E-state index in [2.05, 4.69) is 6.08 Å². The Bertz CT molecular complexity index is 744. The van der Waals surface area contributed by atoms with Gasteiger partial charge in [0.05, 0.1) is 12.7 Å². The van der Waals surface area contributed by atoms with Crippen molar-refractivity contribution in [2.45, 2.75) is 50.6 Å². The van der Waals surface area contributed by atoms with Gasteiger partial charge in [0.15, 0.2) is 0 Å². The molecule has 24 heavy (non-hydrogen) atoms. The molecule has 1 aliphatic carbocycles. The van der Waals surface area contributed by atoms with Crippen LogP contribution in [0.3, 0.4) is 0 Å². The maximum Gasteiger partial charge on any atom is 0.259 e. The molecule has 2 bridgehead atoms. The van der Waals surface area contributed by atoms with E-state index < -0.39 is 0 Å². The van der Waals surface area contributed by atoms with Crippen LogP contribution in [0, 0.1) is 5.92 Å². The average molecular weight is 328 g/mol. The highest BCUT2D eigenvalue weighted by Crippen LogP contribution is 2.42. The summed E-state index contributed by atoms with van der Waals surface area (Å²) in [4.78, 5) is 27.0. The van der Waals surface area contributed by atoms with Crippen molar-refractivity contribution >= 4 is 5.91 Å². The summed E-state index contributed by atoms with van der Waals surface area (Å²) in [6, 6.07) is 1.99. The number of ether oxygens (including phenoxy) is 1. The lowest BCUT2D eigenvalue weighted by Gasteiger charge is -2.36. The zero-order chi connectivity index (χ0) is 16.8. The highest BCUT2D eigenvalue weighted by Gasteiger charge is 2.42. The summed E-state index contributed by atoms with van der Waals surface area (Å²) in [5.74, 6) is 1.17. The van der Waals surface area contributed by atoms with E-state index in [1.807, 2.05) is 4.90 Å². The lowest BCUT2D eigenvalue weighted by Crippen LogP contribution is -2.45. The van der Waals surface area contributed by atoms with Crippen molar-refractivity contribution in [3.05, 3.63) is 39.8 Å². The topological polar surface area (TPSA) is 51.5 Å². The summed E-state index contributed by atoms with van der Waals surface area (Å²) < 4.78 is 6.74. The Kier molecular flexibility index (Phi) is 3.74. The van der Waals surface area contributed by atoms with Gasteiger partial charge in [0, 0.05) is 31.4 Å². The molecule has 2 atom stereocenters. The largest absolute Gasteiger partial charge is 0.496 e. The molecule has 1 saturated carbocycles. The van der Waals surface area contributed by atoms with Gasteiger partial charge in [0.1, 0.15) is 5.75 Å². The van der Waals surface area contributed by atoms with Crippen molar-refractivity contribution in [3.63, 3.8) is 0 Å². The van der Waals surface area contributed by atoms with Crippen molar-refractivity contribution in [2.75, 3.05) is 7.11 Å². The van der Waals surface area contributed by atoms with E-state index in [-0.39, 0.29) is 11.5 Å². The van der Waals surface area contributed by atoms with Gasteiger partial charge in [-0.1, -0.05) is 11.6 Å². The van der Waals surface area contributed by atoms with Gasteiger partial charge in [0.2, 0.25) is 0 Å². The van der Waals surface area contributed by atoms with Gasteiger partial charge in [0.25, 0.3) is 11.5 Å². The molecule has 2 unspecified atom stereocenters. The second-order valence-corrected chi connectivity index (χ2v) is 7.37. The number of nitrogens with zero attached hydrogens (tertiary/aromatic N) is 2. The third kappa shape index (κ3) is 2.66. The minimum absolute atomic E-state index is 0.000391. The number of carbonyl (C=O) groups excluding carboxylic acids is 1. The molecule has 5 heteroatoms. The fourth-order valence-electron chi connectivity index (χ4n) is 4.20. The van der Waals surface area contributed by atoms with Gasteiger partial charge in [-0.15, -0.1) is 0 Å². The molecule has 0 spiro atoms. The van der Waals surface area contributed by atoms with Crippen LogP contribution >= 0.6 is 0 Å². The molecule has 3 heterocycles. The second kappa shape index (κ2) is 5.80. The first-order valence-corrected chi connectivity index (χ1v) is 8.83. The Hall–Kier alpha value is -2.04. The molecule has 3 fully saturated rings. The zero-order valence-electron chi connectivity index (χ0n) is 14.3. The fourth-order valence-corrected chi connectivity index (χ4v) is 4.20. The average Bonchev–Trinajstić information content (AvgIpc) is 3.33. The molecule has 2 saturated heterocycles. The predicted octanol–water partition coefficient (Wildman–Crippen LogP) is 2.50. The van der Waals surface area contributed by atoms with Crippen molar-refractivity contribution in [1.82, 2.24) is 9.47 Å². The van der Waals surface area contributed by atoms with Gasteiger partial charge in [-0.05, 0) is 44.4 Å². The third-order valence-electron chi connectivity index (χ3n) is 5.58. The standard InChI is InChI=1S/C19H24N2O3/c1-20-11-16(17(24-2)10-18(20)22)19(23)21-14-5-6-15(21)9-13(8-14)7-12-3-4-12/h7,10-12,14-15H,3-6,8-9H2,1-2H3. The van der Waals surface area contributed by atoms with E-state index in [0.717, 1.165) is 31.6 Å². The Morgan fingerprint density at radius 3 is 2.46 bits per heavy atom. The van der Waals surface area contributed by atoms with Gasteiger partial charge >= 0.3 is 0 Å². The summed E-state index contributed by atoms with van der Waals surface area (Å²) in [6.07, 6.45) is 10.9. The molecule has 5 nitrogen and oxygen atoms in total. The predicted molar refractivity (Wildman–Crippen MR) is 91.3 cm³/mol. The van der Waals surface area contributed by atoms with E-state index in [1.165, 1.54) is 30.6 Å². The monoisotopic (exact) mass is 328 g/mol. The molecule has 1 amide bonds. The van der Waals surface area contributed by atoms with Crippen LogP contribution in [0.15, 0.2) is 28.7 Å². The van der Waals surface area contributed by atoms with Gasteiger partial charge < -0.3 is 14.2 Å². The quantitative estimate of drug-likeness (QED) is 0.801. The van der Waals surface area contributed by atoms with Gasteiger partial charge in [-0.2, -0.15) is 0 Å². The van der Waals surface area contributed by atoms with Crippen LogP contribution in [0.5, 0.6) is 5.75 Å². The van der Waals surface area contributed by atoms with Crippen LogP contribution in [-0.4, -0.2) is 34.6 Å². The summed E-state index contributed by atoms with van der Waals surface area (Å²) in [6.45, 7) is 0. The lowest BCUT2D eigenvalue weighted by molar-refractivity contribution is 0.0630. The molecule has 1 aromatic rings. The molecule has 1 aromatic heterocycles. The number of methoxy groups -OCH3 is 1. The lowest BCUT2D eigenvalue weighted by atomic mass is 9.94. The highest BCUT2D eigenvalue weighted by molar-refractivity contribution is 5.97. The minimum atomic E-state index is -0.167. The normalized spacial score (nSPS) is 25.8. The van der Waals surface area contributed by atoms with Crippen LogP contribution in [0.25, 0.3) is 0 Å². The number of hydrogen-bond acceptors (Lipinski definition) is 3. The summed E-state index contributed by atoms with van der Waals surface area (Å²) in [5.41, 5.74) is 1.87. The SMILES string of the molecule is COc1cc(=O)n(C)cc1C(=O)N1C2CCC1CC(=CC1CC1)C2. The van der Waals surface area contributed by atoms with Crippen molar-refractivity contribution in [1.29, 1.82) is 0 Å². The number of aryl methyl sites for hydroxylation is 1. The summed E-state index contributed by atoms with van der Waals surface area (Å²) >= 11 is 0. The number of amides is 1. The summed E-state index contributed by atoms with van der Waals surface area (Å²) in [5, 5.41) is 0. The van der Waals surface area contributed by atoms with E-state index in [9.17, 15) is 9.59 Å². The minimum Gasteiger partial charge on any atom is -0.496 e. The molecule has 128 valence electrons. The Morgan fingerprint density at radius 1 is 1.21 bits per heavy atom. The molecule has 0 radical (unpaired) electrons. The second-order valence-electron chi connectivity index (χ2n) is 7.37. The van der Waals surface area contributed by atoms with Gasteiger partial charge in [-0.3, -0.25) is 9.59 Å². The van der Waals surface area contributed by atoms with Crippen LogP contribution in [0.2, 0.25) is 0 Å². The smallest absolute Gasteiger partial charge is 0.259 e. The van der Waals surface area contributed by atoms with E-state index in [0.29, 0.717) is 23.4 Å². The number of pyridine rings is 1. The summed E-state index contributed by atoms with van der Waals surface area (Å²) in [7, 11) is 3.17. The molecule has 0 aromatic carbocycles. The van der Waals surface area contributed by atoms with Crippen LogP contribution in [-0.2, 0) is 7.05 Å². The van der Waals surface area contributed by atoms with Crippen molar-refractivity contribution in [3.8, 4) is 5.75 Å². The van der Waals surface area contributed by atoms with Crippen LogP contribution < -0.4 is 10.3 Å². The number of hydrogen-bond donors (Lipinski definition) is 0. The Morgan fingerprint density at radius 2 is 1.88 bits per heavy atom. The van der Waals surface area contributed by atoms with E-state index in [1.54, 1.807) is 18.8 Å². The first-order chi connectivity index (χ1) is 11.6. The fraction of sp³-hybridized carbons (Fsp3) is 0.579. The van der Waals surface area contributed by atoms with Crippen LogP contribution in [0.1, 0.15) is 48.9 Å². The van der Waals surface area contributed by atoms with Gasteiger partial charge in [-0.25, -0.2) is 0 Å². The van der Waals surface area contributed by atoms with E-state index >= 15 is 0 Å². The first-order valence-electron chi connectivity index (χ1n) is 8.83. The van der Waals surface area contributed by atoms with E-state index in [4.69, 9.17) is 4.74 Å². The van der Waals surface area contributed by atoms with Crippen molar-refractivity contribution in [2.24, 2.45) is 13.0 Å². The maximum absolute atomic E-state index is 13.2. The zero-order valence-corrected chi connectivity index (χ0v) is 14.3. The number of piperidine rings is 1. The number of rotatable bonds is 3. The number of allylic oxidation sites excluding steroid dienone is 1. The molecule has 4 rings (SSSR count). The maximum atomic E-state index is 13.2. The Balaban J connectivity index is 1.62. The number of fused-ring (bicyclic) bond motifs is 2. The molecular formula is C19H24N2O3. The molecule has 2 aliphatic heterocycles. The Labute approximate surface area is 141 Å². The van der Waals surface area contributed by atoms with Crippen LogP contribution in [0.4, 0.5) is 0 Å². The first kappa shape index (κ1) is 15.5. The number of carbonyl (C=O) groups is 1. The van der Waals surface area contributed by atoms with Crippen molar-refractivity contribution < 1.29 is 9.53 Å². The molecule has 0 N–H and O–H groups in total.